The minimum absolute atomic E-state index is 0.302. The first kappa shape index (κ1) is 40.0. The maximum Gasteiger partial charge on any atom is 0.240 e. The number of aromatic nitrogens is 7. The van der Waals surface area contributed by atoms with Crippen molar-refractivity contribution in [2.75, 3.05) is 0 Å². The summed E-state index contributed by atoms with van der Waals surface area (Å²) in [6.07, 6.45) is 7.38. The van der Waals surface area contributed by atoms with E-state index in [0.717, 1.165) is 111 Å². The molecular weight excluding hydrogens is 891 g/mol. The third-order valence-corrected chi connectivity index (χ3v) is 15.4. The Morgan fingerprint density at radius 2 is 0.863 bits per heavy atom. The van der Waals surface area contributed by atoms with Gasteiger partial charge in [0.1, 0.15) is 0 Å². The maximum absolute atomic E-state index is 5.83. The van der Waals surface area contributed by atoms with Gasteiger partial charge in [0.15, 0.2) is 5.82 Å². The molecule has 15 aromatic rings. The van der Waals surface area contributed by atoms with Crippen LogP contribution in [-0.2, 0) is 0 Å². The van der Waals surface area contributed by atoms with Crippen LogP contribution >= 0.6 is 0 Å². The number of allylic oxidation sites excluding steroid dienone is 4. The Balaban J connectivity index is 1.12. The number of fused-ring (bicyclic) bond motifs is 18. The van der Waals surface area contributed by atoms with Crippen molar-refractivity contribution in [1.82, 2.24) is 33.2 Å². The molecular formula is C66H41N7. The predicted octanol–water partition coefficient (Wildman–Crippen LogP) is 16.1. The van der Waals surface area contributed by atoms with Crippen LogP contribution in [0.4, 0.5) is 0 Å². The van der Waals surface area contributed by atoms with Crippen molar-refractivity contribution < 1.29 is 0 Å². The summed E-state index contributed by atoms with van der Waals surface area (Å²) in [7, 11) is 0. The number of nitrogens with zero attached hydrogens (tertiary/aromatic N) is 7. The SMILES string of the molecule is CC1C=CC=C(c2nc(-n3c4cc#ccc4c4ccc5c6ccccc6n(-c6ccccc6)c5c43)nc(-n3c4c5ccccc5ccc4c4ccc5c6ccc7ccccc7c6n(-c6ccccc6)c5c43)n2)C1. The summed E-state index contributed by atoms with van der Waals surface area (Å²) < 4.78 is 9.50. The quantitative estimate of drug-likeness (QED) is 0.173. The summed E-state index contributed by atoms with van der Waals surface area (Å²) in [6.45, 7) is 2.26. The zero-order valence-electron chi connectivity index (χ0n) is 39.6. The van der Waals surface area contributed by atoms with Crippen LogP contribution in [0.25, 0.3) is 138 Å². The predicted molar refractivity (Wildman–Crippen MR) is 301 cm³/mol. The molecule has 0 amide bonds. The highest BCUT2D eigenvalue weighted by Crippen LogP contribution is 2.46. The Bertz CT molecular complexity index is 4890. The highest BCUT2D eigenvalue weighted by molar-refractivity contribution is 6.29. The van der Waals surface area contributed by atoms with Gasteiger partial charge < -0.3 is 9.13 Å². The van der Waals surface area contributed by atoms with Crippen molar-refractivity contribution >= 4 is 114 Å². The summed E-state index contributed by atoms with van der Waals surface area (Å²) in [6, 6.07) is 76.6. The van der Waals surface area contributed by atoms with Gasteiger partial charge in [-0.2, -0.15) is 15.0 Å². The highest BCUT2D eigenvalue weighted by atomic mass is 15.3. The van der Waals surface area contributed by atoms with Gasteiger partial charge in [-0.05, 0) is 65.1 Å². The normalized spacial score (nSPS) is 14.1. The fourth-order valence-corrected chi connectivity index (χ4v) is 12.3. The molecule has 0 fully saturated rings. The lowest BCUT2D eigenvalue weighted by molar-refractivity contribution is 0.739. The van der Waals surface area contributed by atoms with E-state index in [2.05, 4.69) is 244 Å². The second-order valence-electron chi connectivity index (χ2n) is 19.5. The van der Waals surface area contributed by atoms with E-state index in [1.165, 1.54) is 21.5 Å². The molecule has 1 unspecified atom stereocenters. The van der Waals surface area contributed by atoms with Gasteiger partial charge in [-0.25, -0.2) is 0 Å². The molecule has 1 aliphatic rings. The van der Waals surface area contributed by atoms with Gasteiger partial charge in [-0.1, -0.05) is 189 Å². The molecule has 0 saturated heterocycles. The molecule has 0 saturated carbocycles. The lowest BCUT2D eigenvalue weighted by Gasteiger charge is -2.17. The van der Waals surface area contributed by atoms with Crippen LogP contribution in [0, 0.1) is 18.1 Å². The largest absolute Gasteiger partial charge is 0.307 e. The first-order chi connectivity index (χ1) is 36.2. The summed E-state index contributed by atoms with van der Waals surface area (Å²) in [4.78, 5) is 17.1. The lowest BCUT2D eigenvalue weighted by atomic mass is 9.95. The Morgan fingerprint density at radius 3 is 1.53 bits per heavy atom. The third kappa shape index (κ3) is 5.63. The van der Waals surface area contributed by atoms with Crippen molar-refractivity contribution in [3.63, 3.8) is 0 Å². The average Bonchev–Trinajstić information content (AvgIpc) is 4.19. The number of para-hydroxylation sites is 3. The molecule has 5 aromatic heterocycles. The van der Waals surface area contributed by atoms with E-state index in [1.54, 1.807) is 0 Å². The average molecular weight is 932 g/mol. The number of hydrogen-bond acceptors (Lipinski definition) is 3. The second kappa shape index (κ2) is 15.1. The van der Waals surface area contributed by atoms with Crippen molar-refractivity contribution in [1.29, 1.82) is 0 Å². The van der Waals surface area contributed by atoms with Crippen molar-refractivity contribution in [2.45, 2.75) is 13.3 Å². The van der Waals surface area contributed by atoms with Crippen LogP contribution in [0.2, 0.25) is 0 Å². The van der Waals surface area contributed by atoms with E-state index in [4.69, 9.17) is 15.0 Å². The van der Waals surface area contributed by atoms with E-state index in [-0.39, 0.29) is 0 Å². The molecule has 73 heavy (non-hydrogen) atoms. The summed E-state index contributed by atoms with van der Waals surface area (Å²) in [5.41, 5.74) is 11.7. The van der Waals surface area contributed by atoms with Crippen LogP contribution in [-0.4, -0.2) is 33.2 Å². The zero-order valence-corrected chi connectivity index (χ0v) is 39.6. The standard InChI is InChI=1S/C66H41N7/c1-40-17-16-20-43(39-40)64-67-65(72-57-30-15-13-28-49(57)51-36-35-50-48-27-12-14-29-56(48)70(60(50)62(51)72)44-21-4-2-5-22-44)69-66(68-64)73-59-47-26-11-9-19-42(47)32-34-53(59)55-38-37-54-52-33-31-41-18-8-10-25-46(41)58(52)71(61(54)63(55)73)45-23-6-3-7-24-45/h2-12,14,16-38,40H,39H2,1H3. The molecule has 16 rings (SSSR count). The molecule has 7 nitrogen and oxygen atoms in total. The Morgan fingerprint density at radius 1 is 0.384 bits per heavy atom. The van der Waals surface area contributed by atoms with Crippen LogP contribution in [0.3, 0.4) is 0 Å². The molecule has 7 heteroatoms. The molecule has 0 aliphatic heterocycles. The van der Waals surface area contributed by atoms with E-state index in [0.29, 0.717) is 23.6 Å². The fourth-order valence-electron chi connectivity index (χ4n) is 12.3. The summed E-state index contributed by atoms with van der Waals surface area (Å²) in [5, 5.41) is 13.6. The third-order valence-electron chi connectivity index (χ3n) is 15.4. The van der Waals surface area contributed by atoms with Crippen molar-refractivity contribution in [3.05, 3.63) is 230 Å². The molecule has 5 heterocycles. The first-order valence-corrected chi connectivity index (χ1v) is 25.0. The Kier molecular flexibility index (Phi) is 8.29. The molecule has 0 radical (unpaired) electrons. The fraction of sp³-hybridized carbons (Fsp3) is 0.0455. The van der Waals surface area contributed by atoms with Gasteiger partial charge in [0.25, 0.3) is 0 Å². The van der Waals surface area contributed by atoms with Gasteiger partial charge >= 0.3 is 0 Å². The van der Waals surface area contributed by atoms with Crippen LogP contribution in [0.15, 0.2) is 212 Å². The van der Waals surface area contributed by atoms with E-state index in [1.807, 2.05) is 6.07 Å². The lowest BCUT2D eigenvalue weighted by Crippen LogP contribution is -2.13. The van der Waals surface area contributed by atoms with Gasteiger partial charge in [-0.3, -0.25) is 9.13 Å². The number of hydrogen-bond donors (Lipinski definition) is 0. The zero-order chi connectivity index (χ0) is 47.9. The van der Waals surface area contributed by atoms with E-state index in [9.17, 15) is 0 Å². The maximum atomic E-state index is 5.83. The van der Waals surface area contributed by atoms with Crippen LogP contribution in [0.1, 0.15) is 19.2 Å². The summed E-state index contributed by atoms with van der Waals surface area (Å²) >= 11 is 0. The Labute approximate surface area is 418 Å². The monoisotopic (exact) mass is 931 g/mol. The van der Waals surface area contributed by atoms with Gasteiger partial charge in [0, 0.05) is 71.3 Å². The first-order valence-electron chi connectivity index (χ1n) is 25.0. The molecule has 1 aliphatic carbocycles. The number of benzene rings is 9. The van der Waals surface area contributed by atoms with Crippen molar-refractivity contribution in [2.24, 2.45) is 5.92 Å². The Hall–Kier alpha value is -9.77. The molecule has 0 N–H and O–H groups in total. The van der Waals surface area contributed by atoms with Crippen molar-refractivity contribution in [3.8, 4) is 23.3 Å². The molecule has 0 spiro atoms. The molecule has 340 valence electrons. The second-order valence-corrected chi connectivity index (χ2v) is 19.5. The minimum Gasteiger partial charge on any atom is -0.307 e. The molecule has 10 aromatic carbocycles. The van der Waals surface area contributed by atoms with E-state index < -0.39 is 0 Å². The summed E-state index contributed by atoms with van der Waals surface area (Å²) in [5.74, 6) is 2.01. The van der Waals surface area contributed by atoms with Gasteiger partial charge in [0.2, 0.25) is 11.9 Å². The smallest absolute Gasteiger partial charge is 0.240 e. The van der Waals surface area contributed by atoms with Crippen LogP contribution in [0.5, 0.6) is 0 Å². The highest BCUT2D eigenvalue weighted by Gasteiger charge is 2.28. The molecule has 1 atom stereocenters. The van der Waals surface area contributed by atoms with Gasteiger partial charge in [-0.15, -0.1) is 0 Å². The van der Waals surface area contributed by atoms with Gasteiger partial charge in [0.05, 0.1) is 44.1 Å². The topological polar surface area (TPSA) is 58.4 Å². The van der Waals surface area contributed by atoms with E-state index >= 15 is 0 Å². The van der Waals surface area contributed by atoms with Crippen LogP contribution < -0.4 is 0 Å². The minimum atomic E-state index is 0.302. The number of rotatable bonds is 5. The molecule has 0 bridgehead atoms.